The predicted molar refractivity (Wildman–Crippen MR) is 99.5 cm³/mol. The molecular formula is C17H24N5OS2+. The van der Waals surface area contributed by atoms with Crippen LogP contribution in [-0.4, -0.2) is 51.3 Å². The first-order chi connectivity index (χ1) is 12.2. The van der Waals surface area contributed by atoms with Crippen molar-refractivity contribution in [3.8, 4) is 0 Å². The average Bonchev–Trinajstić information content (AvgIpc) is 3.19. The van der Waals surface area contributed by atoms with E-state index < -0.39 is 0 Å². The molecule has 2 aliphatic rings. The average molecular weight is 379 g/mol. The highest BCUT2D eigenvalue weighted by molar-refractivity contribution is 7.71. The molecule has 0 bridgehead atoms. The van der Waals surface area contributed by atoms with Crippen molar-refractivity contribution < 1.29 is 9.69 Å². The van der Waals surface area contributed by atoms with Crippen molar-refractivity contribution in [1.82, 2.24) is 19.2 Å². The van der Waals surface area contributed by atoms with Gasteiger partial charge >= 0.3 is 0 Å². The lowest BCUT2D eigenvalue weighted by atomic mass is 10.2. The fourth-order valence-corrected chi connectivity index (χ4v) is 4.67. The molecule has 8 heteroatoms. The summed E-state index contributed by atoms with van der Waals surface area (Å²) in [5.41, 5.74) is 0. The van der Waals surface area contributed by atoms with Crippen LogP contribution in [0.15, 0.2) is 17.5 Å². The Morgan fingerprint density at radius 1 is 1.24 bits per heavy atom. The molecule has 6 nitrogen and oxygen atoms in total. The number of hydrogen-bond donors (Lipinski definition) is 1. The molecule has 25 heavy (non-hydrogen) atoms. The van der Waals surface area contributed by atoms with Gasteiger partial charge < -0.3 is 14.4 Å². The Balaban J connectivity index is 1.38. The zero-order valence-electron chi connectivity index (χ0n) is 14.3. The number of piperazine rings is 1. The number of hydrogen-bond acceptors (Lipinski definition) is 4. The first-order valence-corrected chi connectivity index (χ1v) is 10.3. The minimum atomic E-state index is 0.166. The monoisotopic (exact) mass is 378 g/mol. The van der Waals surface area contributed by atoms with E-state index in [1.807, 2.05) is 27.1 Å². The number of fused-ring (bicyclic) bond motifs is 1. The van der Waals surface area contributed by atoms with Gasteiger partial charge in [-0.1, -0.05) is 12.5 Å². The highest BCUT2D eigenvalue weighted by atomic mass is 32.1. The summed E-state index contributed by atoms with van der Waals surface area (Å²) in [7, 11) is 0. The molecule has 1 amide bonds. The maximum atomic E-state index is 12.4. The van der Waals surface area contributed by atoms with Gasteiger partial charge in [-0.25, -0.2) is 0 Å². The van der Waals surface area contributed by atoms with E-state index in [4.69, 9.17) is 17.3 Å². The minimum Gasteiger partial charge on any atom is -0.327 e. The van der Waals surface area contributed by atoms with Crippen LogP contribution in [0.5, 0.6) is 0 Å². The number of nitrogens with zero attached hydrogens (tertiary/aromatic N) is 4. The molecule has 0 aromatic carbocycles. The first kappa shape index (κ1) is 16.9. The molecule has 0 radical (unpaired) electrons. The highest BCUT2D eigenvalue weighted by Gasteiger charge is 2.26. The number of carbonyl (C=O) groups excluding carboxylic acids is 1. The molecule has 0 spiro atoms. The Bertz CT molecular complexity index is 787. The molecule has 1 fully saturated rings. The predicted octanol–water partition coefficient (Wildman–Crippen LogP) is 1.20. The quantitative estimate of drug-likeness (QED) is 0.817. The molecule has 1 N–H and O–H groups in total. The van der Waals surface area contributed by atoms with E-state index in [0.717, 1.165) is 61.3 Å². The van der Waals surface area contributed by atoms with Crippen LogP contribution in [-0.2, 0) is 19.6 Å². The second-order valence-corrected chi connectivity index (χ2v) is 8.15. The Kier molecular flexibility index (Phi) is 5.00. The second kappa shape index (κ2) is 7.39. The molecular weight excluding hydrogens is 354 g/mol. The summed E-state index contributed by atoms with van der Waals surface area (Å²) in [6.07, 6.45) is 4.71. The zero-order valence-corrected chi connectivity index (χ0v) is 15.9. The van der Waals surface area contributed by atoms with E-state index in [2.05, 4.69) is 4.57 Å². The summed E-state index contributed by atoms with van der Waals surface area (Å²) < 4.78 is 5.09. The SMILES string of the molecule is O=C(c1cccs1)N1CC[NH+](Cn2nc3n(c2=S)CCCCC3)CC1. The van der Waals surface area contributed by atoms with Crippen LogP contribution in [0, 0.1) is 4.77 Å². The summed E-state index contributed by atoms with van der Waals surface area (Å²) >= 11 is 7.16. The van der Waals surface area contributed by atoms with Gasteiger partial charge in [0.15, 0.2) is 6.67 Å². The lowest BCUT2D eigenvalue weighted by Crippen LogP contribution is -3.14. The first-order valence-electron chi connectivity index (χ1n) is 9.05. The maximum absolute atomic E-state index is 12.4. The molecule has 134 valence electrons. The van der Waals surface area contributed by atoms with Crippen LogP contribution < -0.4 is 4.90 Å². The van der Waals surface area contributed by atoms with Gasteiger partial charge in [0.05, 0.1) is 31.1 Å². The van der Waals surface area contributed by atoms with Crippen LogP contribution in [0.4, 0.5) is 0 Å². The molecule has 0 atom stereocenters. The van der Waals surface area contributed by atoms with Gasteiger partial charge in [0, 0.05) is 13.0 Å². The second-order valence-electron chi connectivity index (χ2n) is 6.84. The van der Waals surface area contributed by atoms with Gasteiger partial charge in [0.1, 0.15) is 5.82 Å². The summed E-state index contributed by atoms with van der Waals surface area (Å²) in [6, 6.07) is 3.84. The summed E-state index contributed by atoms with van der Waals surface area (Å²) in [5.74, 6) is 1.31. The maximum Gasteiger partial charge on any atom is 0.264 e. The number of rotatable bonds is 3. The normalized spacial score (nSPS) is 18.8. The molecule has 4 heterocycles. The standard InChI is InChI=1S/C17H23N5OS2/c23-16(14-5-4-12-25-14)20-10-8-19(9-11-20)13-22-17(24)21-7-3-1-2-6-15(21)18-22/h4-5,12H,1-3,6-11,13H2/p+1. The van der Waals surface area contributed by atoms with E-state index >= 15 is 0 Å². The minimum absolute atomic E-state index is 0.166. The summed E-state index contributed by atoms with van der Waals surface area (Å²) in [4.78, 5) is 16.7. The molecule has 2 aromatic heterocycles. The van der Waals surface area contributed by atoms with Gasteiger partial charge in [-0.15, -0.1) is 11.3 Å². The van der Waals surface area contributed by atoms with E-state index in [1.165, 1.54) is 35.5 Å². The van der Waals surface area contributed by atoms with Crippen LogP contribution in [0.1, 0.15) is 34.8 Å². The van der Waals surface area contributed by atoms with Crippen molar-refractivity contribution in [3.63, 3.8) is 0 Å². The van der Waals surface area contributed by atoms with Crippen LogP contribution in [0.25, 0.3) is 0 Å². The van der Waals surface area contributed by atoms with Gasteiger partial charge in [0.2, 0.25) is 4.77 Å². The fourth-order valence-electron chi connectivity index (χ4n) is 3.68. The van der Waals surface area contributed by atoms with Crippen LogP contribution in [0.2, 0.25) is 0 Å². The third kappa shape index (κ3) is 3.56. The lowest BCUT2D eigenvalue weighted by Gasteiger charge is -2.31. The Morgan fingerprint density at radius 2 is 2.08 bits per heavy atom. The van der Waals surface area contributed by atoms with Gasteiger partial charge in [-0.2, -0.15) is 9.78 Å². The number of aromatic nitrogens is 3. The molecule has 0 unspecified atom stereocenters. The van der Waals surface area contributed by atoms with E-state index in [0.29, 0.717) is 0 Å². The number of thiophene rings is 1. The topological polar surface area (TPSA) is 47.5 Å². The molecule has 2 aliphatic heterocycles. The Labute approximate surface area is 156 Å². The molecule has 1 saturated heterocycles. The van der Waals surface area contributed by atoms with E-state index in [-0.39, 0.29) is 5.91 Å². The van der Waals surface area contributed by atoms with Gasteiger partial charge in [-0.3, -0.25) is 4.79 Å². The Hall–Kier alpha value is -1.51. The highest BCUT2D eigenvalue weighted by Crippen LogP contribution is 2.14. The smallest absolute Gasteiger partial charge is 0.264 e. The molecule has 0 saturated carbocycles. The number of aryl methyl sites for hydroxylation is 1. The largest absolute Gasteiger partial charge is 0.327 e. The summed E-state index contributed by atoms with van der Waals surface area (Å²) in [6.45, 7) is 5.30. The number of amides is 1. The number of carbonyl (C=O) groups is 1. The zero-order chi connectivity index (χ0) is 17.2. The Morgan fingerprint density at radius 3 is 2.84 bits per heavy atom. The van der Waals surface area contributed by atoms with Crippen molar-refractivity contribution in [2.75, 3.05) is 26.2 Å². The number of quaternary nitrogens is 1. The van der Waals surface area contributed by atoms with Crippen molar-refractivity contribution in [2.24, 2.45) is 0 Å². The van der Waals surface area contributed by atoms with E-state index in [9.17, 15) is 4.79 Å². The molecule has 4 rings (SSSR count). The van der Waals surface area contributed by atoms with Crippen LogP contribution in [0.3, 0.4) is 0 Å². The fraction of sp³-hybridized carbons (Fsp3) is 0.588. The van der Waals surface area contributed by atoms with Crippen molar-refractivity contribution in [1.29, 1.82) is 0 Å². The number of nitrogens with one attached hydrogen (secondary N) is 1. The van der Waals surface area contributed by atoms with Gasteiger partial charge in [0.25, 0.3) is 5.91 Å². The van der Waals surface area contributed by atoms with Crippen molar-refractivity contribution in [3.05, 3.63) is 33.0 Å². The molecule has 2 aromatic rings. The van der Waals surface area contributed by atoms with Crippen molar-refractivity contribution >= 4 is 29.5 Å². The van der Waals surface area contributed by atoms with Gasteiger partial charge in [-0.05, 0) is 36.5 Å². The lowest BCUT2D eigenvalue weighted by molar-refractivity contribution is -0.927. The third-order valence-corrected chi connectivity index (χ3v) is 6.43. The van der Waals surface area contributed by atoms with E-state index in [1.54, 1.807) is 0 Å². The molecule has 0 aliphatic carbocycles. The van der Waals surface area contributed by atoms with Crippen LogP contribution >= 0.6 is 23.6 Å². The van der Waals surface area contributed by atoms with Crippen molar-refractivity contribution in [2.45, 2.75) is 38.9 Å². The summed E-state index contributed by atoms with van der Waals surface area (Å²) in [5, 5.41) is 6.73. The third-order valence-electron chi connectivity index (χ3n) is 5.14.